The van der Waals surface area contributed by atoms with Crippen LogP contribution in [0.25, 0.3) is 0 Å². The van der Waals surface area contributed by atoms with E-state index in [9.17, 15) is 5.11 Å². The third-order valence-electron chi connectivity index (χ3n) is 4.60. The first-order valence-corrected chi connectivity index (χ1v) is 8.87. The van der Waals surface area contributed by atoms with Crippen molar-refractivity contribution >= 4 is 5.82 Å². The van der Waals surface area contributed by atoms with E-state index < -0.39 is 6.10 Å². The summed E-state index contributed by atoms with van der Waals surface area (Å²) in [5.74, 6) is 3.10. The number of β-amino-alcohol motifs (C(OH)–C–C–N with tert-alkyl or cyclic N) is 1. The van der Waals surface area contributed by atoms with Crippen LogP contribution in [0.15, 0.2) is 42.6 Å². The van der Waals surface area contributed by atoms with Gasteiger partial charge in [-0.15, -0.1) is 0 Å². The zero-order valence-electron chi connectivity index (χ0n) is 15.3. The number of rotatable bonds is 6. The third-order valence-corrected chi connectivity index (χ3v) is 4.60. The molecule has 7 nitrogen and oxygen atoms in total. The molecule has 2 aliphatic rings. The van der Waals surface area contributed by atoms with Crippen molar-refractivity contribution in [3.63, 3.8) is 0 Å². The quantitative estimate of drug-likeness (QED) is 0.497. The summed E-state index contributed by atoms with van der Waals surface area (Å²) in [6.45, 7) is 4.71. The zero-order valence-corrected chi connectivity index (χ0v) is 16.8. The number of aliphatic hydroxyl groups is 1. The summed E-state index contributed by atoms with van der Waals surface area (Å²) < 4.78 is 16.3. The molecule has 1 fully saturated rings. The minimum Gasteiger partial charge on any atom is -1.00 e. The molecule has 28 heavy (non-hydrogen) atoms. The van der Waals surface area contributed by atoms with Crippen molar-refractivity contribution in [2.24, 2.45) is 0 Å². The minimum atomic E-state index is -0.540. The van der Waals surface area contributed by atoms with Gasteiger partial charge in [0.15, 0.2) is 11.5 Å². The monoisotopic (exact) mass is 427 g/mol. The smallest absolute Gasteiger partial charge is 0.231 e. The minimum absolute atomic E-state index is 0. The number of nitrogens with zero attached hydrogens (tertiary/aromatic N) is 3. The fourth-order valence-electron chi connectivity index (χ4n) is 3.21. The molecule has 1 aromatic carbocycles. The number of fused-ring (bicyclic) bond motifs is 1. The number of hydrogen-bond acceptors (Lipinski definition) is 7. The molecule has 3 heterocycles. The van der Waals surface area contributed by atoms with Gasteiger partial charge in [-0.05, 0) is 24.3 Å². The second kappa shape index (κ2) is 10.6. The summed E-state index contributed by atoms with van der Waals surface area (Å²) in [7, 11) is 0. The van der Waals surface area contributed by atoms with Gasteiger partial charge in [-0.1, -0.05) is 6.07 Å². The van der Waals surface area contributed by atoms with E-state index in [1.807, 2.05) is 36.5 Å². The molecule has 2 aromatic rings. The lowest BCUT2D eigenvalue weighted by molar-refractivity contribution is -0.00100. The summed E-state index contributed by atoms with van der Waals surface area (Å²) in [6.07, 6.45) is 1.28. The van der Waals surface area contributed by atoms with Gasteiger partial charge < -0.3 is 49.0 Å². The van der Waals surface area contributed by atoms with E-state index in [2.05, 4.69) is 14.8 Å². The number of hydrogen-bond donors (Lipinski definition) is 1. The highest BCUT2D eigenvalue weighted by molar-refractivity contribution is 5.46. The van der Waals surface area contributed by atoms with Gasteiger partial charge >= 0.3 is 0 Å². The molecule has 1 unspecified atom stereocenters. The van der Waals surface area contributed by atoms with Crippen molar-refractivity contribution in [2.45, 2.75) is 6.10 Å². The SMILES string of the molecule is OC(COc1ccc2c(c1)OCO2)CN1CCN(c2ccccn2)CC1.[Cl-].[Cl-]. The van der Waals surface area contributed by atoms with Crippen molar-refractivity contribution in [3.8, 4) is 17.2 Å². The lowest BCUT2D eigenvalue weighted by Gasteiger charge is -2.36. The van der Waals surface area contributed by atoms with Crippen LogP contribution < -0.4 is 43.9 Å². The molecular formula is C19H23Cl2N3O4-2. The summed E-state index contributed by atoms with van der Waals surface area (Å²) in [4.78, 5) is 8.92. The maximum absolute atomic E-state index is 10.3. The molecule has 0 amide bonds. The van der Waals surface area contributed by atoms with Crippen LogP contribution in [0, 0.1) is 0 Å². The van der Waals surface area contributed by atoms with Gasteiger partial charge in [0, 0.05) is 45.0 Å². The molecule has 0 radical (unpaired) electrons. The summed E-state index contributed by atoms with van der Waals surface area (Å²) >= 11 is 0. The van der Waals surface area contributed by atoms with Crippen LogP contribution >= 0.6 is 0 Å². The van der Waals surface area contributed by atoms with E-state index in [0.29, 0.717) is 18.0 Å². The number of pyridine rings is 1. The number of aliphatic hydroxyl groups excluding tert-OH is 1. The van der Waals surface area contributed by atoms with Gasteiger partial charge in [-0.2, -0.15) is 0 Å². The molecule has 0 bridgehead atoms. The molecule has 4 rings (SSSR count). The predicted molar refractivity (Wildman–Crippen MR) is 97.0 cm³/mol. The van der Waals surface area contributed by atoms with Gasteiger partial charge in [0.1, 0.15) is 24.3 Å². The Bertz CT molecular complexity index is 730. The Balaban J connectivity index is 0.00000140. The number of piperazine rings is 1. The van der Waals surface area contributed by atoms with E-state index in [1.54, 1.807) is 6.07 Å². The van der Waals surface area contributed by atoms with Gasteiger partial charge in [-0.25, -0.2) is 4.98 Å². The summed E-state index contributed by atoms with van der Waals surface area (Å²) in [6, 6.07) is 11.4. The van der Waals surface area contributed by atoms with Crippen molar-refractivity contribution in [1.82, 2.24) is 9.88 Å². The predicted octanol–water partition coefficient (Wildman–Crippen LogP) is -4.62. The van der Waals surface area contributed by atoms with Gasteiger partial charge in [0.2, 0.25) is 6.79 Å². The standard InChI is InChI=1S/C19H23N3O4.2ClH/c23-15(13-24-16-4-5-17-18(11-16)26-14-25-17)12-21-7-9-22(10-8-21)19-3-1-2-6-20-19;;/h1-6,11,15,23H,7-10,12-14H2;2*1H/p-2. The fraction of sp³-hybridized carbons (Fsp3) is 0.421. The Hall–Kier alpha value is -1.93. The maximum Gasteiger partial charge on any atom is 0.231 e. The Labute approximate surface area is 177 Å². The van der Waals surface area contributed by atoms with E-state index in [1.165, 1.54) is 0 Å². The first-order chi connectivity index (χ1) is 12.8. The van der Waals surface area contributed by atoms with Crippen LogP contribution in [0.5, 0.6) is 17.2 Å². The van der Waals surface area contributed by atoms with Crippen molar-refractivity contribution < 1.29 is 44.1 Å². The topological polar surface area (TPSA) is 67.3 Å². The Morgan fingerprint density at radius 1 is 1.04 bits per heavy atom. The lowest BCUT2D eigenvalue weighted by Crippen LogP contribution is -3.00. The van der Waals surface area contributed by atoms with Gasteiger partial charge in [0.05, 0.1) is 0 Å². The average Bonchev–Trinajstić information content (AvgIpc) is 3.15. The fourth-order valence-corrected chi connectivity index (χ4v) is 3.21. The van der Waals surface area contributed by atoms with E-state index in [4.69, 9.17) is 14.2 Å². The van der Waals surface area contributed by atoms with Crippen molar-refractivity contribution in [1.29, 1.82) is 0 Å². The highest BCUT2D eigenvalue weighted by atomic mass is 35.5. The van der Waals surface area contributed by atoms with Crippen LogP contribution in [-0.2, 0) is 0 Å². The number of anilines is 1. The molecule has 1 aromatic heterocycles. The largest absolute Gasteiger partial charge is 1.00 e. The molecule has 1 saturated heterocycles. The lowest BCUT2D eigenvalue weighted by atomic mass is 10.2. The molecule has 1 atom stereocenters. The maximum atomic E-state index is 10.3. The summed E-state index contributed by atoms with van der Waals surface area (Å²) in [5, 5.41) is 10.3. The number of aromatic nitrogens is 1. The van der Waals surface area contributed by atoms with Gasteiger partial charge in [0.25, 0.3) is 0 Å². The third kappa shape index (κ3) is 5.54. The highest BCUT2D eigenvalue weighted by Gasteiger charge is 2.20. The van der Waals surface area contributed by atoms with E-state index in [0.717, 1.165) is 37.7 Å². The van der Waals surface area contributed by atoms with Gasteiger partial charge in [-0.3, -0.25) is 4.90 Å². The molecule has 9 heteroatoms. The van der Waals surface area contributed by atoms with Crippen molar-refractivity contribution in [2.75, 3.05) is 51.0 Å². The van der Waals surface area contributed by atoms with Crippen LogP contribution in [-0.4, -0.2) is 67.2 Å². The molecule has 2 aliphatic heterocycles. The van der Waals surface area contributed by atoms with Crippen molar-refractivity contribution in [3.05, 3.63) is 42.6 Å². The molecule has 154 valence electrons. The Morgan fingerprint density at radius 3 is 2.57 bits per heavy atom. The number of halogens is 2. The molecular weight excluding hydrogens is 405 g/mol. The van der Waals surface area contributed by atoms with Crippen LogP contribution in [0.2, 0.25) is 0 Å². The Kier molecular flexibility index (Phi) is 8.44. The summed E-state index contributed by atoms with van der Waals surface area (Å²) in [5.41, 5.74) is 0. The van der Waals surface area contributed by atoms with E-state index in [-0.39, 0.29) is 38.2 Å². The normalized spacial score (nSPS) is 16.7. The molecule has 0 spiro atoms. The average molecular weight is 428 g/mol. The van der Waals surface area contributed by atoms with E-state index >= 15 is 0 Å². The molecule has 0 saturated carbocycles. The number of ether oxygens (including phenoxy) is 3. The zero-order chi connectivity index (χ0) is 17.8. The molecule has 0 aliphatic carbocycles. The van der Waals surface area contributed by atoms with Crippen LogP contribution in [0.1, 0.15) is 0 Å². The Morgan fingerprint density at radius 2 is 1.82 bits per heavy atom. The molecule has 1 N–H and O–H groups in total. The van der Waals surface area contributed by atoms with Crippen LogP contribution in [0.4, 0.5) is 5.82 Å². The first-order valence-electron chi connectivity index (χ1n) is 8.87. The van der Waals surface area contributed by atoms with Crippen LogP contribution in [0.3, 0.4) is 0 Å². The second-order valence-corrected chi connectivity index (χ2v) is 6.46. The highest BCUT2D eigenvalue weighted by Crippen LogP contribution is 2.35. The first kappa shape index (κ1) is 22.4. The second-order valence-electron chi connectivity index (χ2n) is 6.46. The number of benzene rings is 1.